The summed E-state index contributed by atoms with van der Waals surface area (Å²) in [4.78, 5) is 48.9. The molecule has 1 spiro atoms. The minimum atomic E-state index is -1.18. The van der Waals surface area contributed by atoms with Gasteiger partial charge in [0.05, 0.1) is 17.9 Å². The van der Waals surface area contributed by atoms with Crippen LogP contribution in [0.1, 0.15) is 46.5 Å². The van der Waals surface area contributed by atoms with Crippen LogP contribution in [0.3, 0.4) is 0 Å². The predicted octanol–water partition coefficient (Wildman–Crippen LogP) is 4.05. The molecular formula is C33H45Cl2N5O4. The number of nitrogens with zero attached hydrogens (tertiary/aromatic N) is 3. The molecule has 5 aliphatic rings. The fourth-order valence-corrected chi connectivity index (χ4v) is 8.73. The minimum absolute atomic E-state index is 0.0442. The summed E-state index contributed by atoms with van der Waals surface area (Å²) in [6.45, 7) is 13.1. The molecule has 44 heavy (non-hydrogen) atoms. The number of likely N-dealkylation sites (tertiary alicyclic amines) is 1. The van der Waals surface area contributed by atoms with Crippen LogP contribution in [-0.2, 0) is 19.1 Å². The lowest BCUT2D eigenvalue weighted by Gasteiger charge is -2.38. The van der Waals surface area contributed by atoms with E-state index in [0.717, 1.165) is 65.0 Å². The summed E-state index contributed by atoms with van der Waals surface area (Å²) in [6, 6.07) is 4.05. The van der Waals surface area contributed by atoms with Gasteiger partial charge in [-0.25, -0.2) is 0 Å². The molecule has 6 rings (SSSR count). The largest absolute Gasteiger partial charge is 0.359 e. The normalized spacial score (nSPS) is 35.2. The van der Waals surface area contributed by atoms with Gasteiger partial charge in [-0.2, -0.15) is 0 Å². The first kappa shape index (κ1) is 31.8. The number of amides is 3. The van der Waals surface area contributed by atoms with Gasteiger partial charge in [0.25, 0.3) is 0 Å². The molecule has 2 N–H and O–H groups in total. The van der Waals surface area contributed by atoms with Crippen LogP contribution in [-0.4, -0.2) is 102 Å². The van der Waals surface area contributed by atoms with Gasteiger partial charge >= 0.3 is 0 Å². The summed E-state index contributed by atoms with van der Waals surface area (Å²) in [5, 5.41) is 7.04. The van der Waals surface area contributed by atoms with E-state index in [4.69, 9.17) is 27.9 Å². The Balaban J connectivity index is 1.23. The Morgan fingerprint density at radius 1 is 1.00 bits per heavy atom. The molecule has 240 valence electrons. The Morgan fingerprint density at radius 3 is 2.41 bits per heavy atom. The molecule has 4 aliphatic heterocycles. The number of nitrogens with one attached hydrogen (secondary N) is 2. The lowest BCUT2D eigenvalue weighted by molar-refractivity contribution is -0.141. The Morgan fingerprint density at radius 2 is 1.70 bits per heavy atom. The molecule has 3 saturated heterocycles. The molecule has 4 heterocycles. The van der Waals surface area contributed by atoms with E-state index in [1.165, 1.54) is 0 Å². The molecular weight excluding hydrogens is 601 g/mol. The van der Waals surface area contributed by atoms with Gasteiger partial charge < -0.3 is 30.1 Å². The highest BCUT2D eigenvalue weighted by atomic mass is 35.5. The number of ether oxygens (including phenoxy) is 1. The van der Waals surface area contributed by atoms with Gasteiger partial charge in [0.2, 0.25) is 17.7 Å². The number of benzene rings is 1. The standard InChI is InChI=1S/C33H45Cl2N5O4/c1-4-38-13-15-39(16-14-38)11-6-12-40-29(31(42)37-25-8-5-7-20(2)21(25)3)33-10-9-26(44-33)27(28(33)32(40)43)30(41)36-24-18-22(34)17-23(35)19-24/h9-10,17-21,25-29H,4-8,11-16H2,1-3H3,(H,36,41)(H,37,42)/t20-,21-,25+,26+,27+,28+,29-,33-/m0/s1. The van der Waals surface area contributed by atoms with Gasteiger partial charge in [-0.3, -0.25) is 14.4 Å². The molecule has 2 bridgehead atoms. The van der Waals surface area contributed by atoms with Gasteiger partial charge in [-0.15, -0.1) is 0 Å². The second kappa shape index (κ2) is 12.9. The van der Waals surface area contributed by atoms with Crippen LogP contribution in [0.4, 0.5) is 5.69 Å². The SMILES string of the molecule is CCN1CCN(CCCN2C(=O)[C@H]3[C@H](C(=O)Nc4cc(Cl)cc(Cl)c4)[C@H]4C=C[C@@]3(O4)[C@@H]2C(=O)N[C@@H]2CCC[C@H](C)[C@@H]2C)CC1. The molecule has 3 amide bonds. The van der Waals surface area contributed by atoms with Gasteiger partial charge in [0.1, 0.15) is 11.6 Å². The highest BCUT2D eigenvalue weighted by molar-refractivity contribution is 6.35. The number of likely N-dealkylation sites (N-methyl/N-ethyl adjacent to an activating group) is 1. The summed E-state index contributed by atoms with van der Waals surface area (Å²) in [5.41, 5.74) is -0.732. The van der Waals surface area contributed by atoms with E-state index in [-0.39, 0.29) is 23.8 Å². The highest BCUT2D eigenvalue weighted by Gasteiger charge is 2.72. The summed E-state index contributed by atoms with van der Waals surface area (Å²) in [7, 11) is 0. The Hall–Kier alpha value is -2.17. The molecule has 1 saturated carbocycles. The van der Waals surface area contributed by atoms with Gasteiger partial charge in [-0.1, -0.05) is 69.0 Å². The number of carbonyl (C=O) groups excluding carboxylic acids is 3. The van der Waals surface area contributed by atoms with Gasteiger partial charge in [0, 0.05) is 54.5 Å². The third-order valence-electron chi connectivity index (χ3n) is 10.9. The summed E-state index contributed by atoms with van der Waals surface area (Å²) in [5.74, 6) is -1.44. The number of halogens is 2. The Kier molecular flexibility index (Phi) is 9.33. The highest BCUT2D eigenvalue weighted by Crippen LogP contribution is 2.55. The first-order chi connectivity index (χ1) is 21.1. The van der Waals surface area contributed by atoms with Crippen molar-refractivity contribution in [3.8, 4) is 0 Å². The molecule has 8 atom stereocenters. The zero-order valence-electron chi connectivity index (χ0n) is 25.9. The van der Waals surface area contributed by atoms with Crippen LogP contribution in [0.5, 0.6) is 0 Å². The summed E-state index contributed by atoms with van der Waals surface area (Å²) in [6.07, 6.45) is 7.01. The molecule has 4 fully saturated rings. The van der Waals surface area contributed by atoms with E-state index >= 15 is 0 Å². The van der Waals surface area contributed by atoms with Crippen molar-refractivity contribution >= 4 is 46.6 Å². The van der Waals surface area contributed by atoms with Crippen molar-refractivity contribution < 1.29 is 19.1 Å². The van der Waals surface area contributed by atoms with Crippen LogP contribution in [0.15, 0.2) is 30.4 Å². The number of fused-ring (bicyclic) bond motifs is 1. The molecule has 0 radical (unpaired) electrons. The zero-order chi connectivity index (χ0) is 31.2. The fourth-order valence-electron chi connectivity index (χ4n) is 8.20. The van der Waals surface area contributed by atoms with Crippen molar-refractivity contribution in [2.45, 2.75) is 70.2 Å². The Bertz CT molecular complexity index is 1280. The monoisotopic (exact) mass is 645 g/mol. The number of rotatable bonds is 9. The number of hydrogen-bond acceptors (Lipinski definition) is 6. The van der Waals surface area contributed by atoms with Crippen molar-refractivity contribution in [1.82, 2.24) is 20.0 Å². The molecule has 11 heteroatoms. The fraction of sp³-hybridized carbons (Fsp3) is 0.667. The summed E-state index contributed by atoms with van der Waals surface area (Å²) >= 11 is 12.4. The maximum absolute atomic E-state index is 14.3. The average Bonchev–Trinajstić information content (AvgIpc) is 3.62. The van der Waals surface area contributed by atoms with E-state index in [0.29, 0.717) is 34.1 Å². The van der Waals surface area contributed by atoms with Crippen molar-refractivity contribution in [3.63, 3.8) is 0 Å². The topological polar surface area (TPSA) is 94.2 Å². The minimum Gasteiger partial charge on any atom is -0.359 e. The van der Waals surface area contributed by atoms with Crippen molar-refractivity contribution in [3.05, 3.63) is 40.4 Å². The second-order valence-corrected chi connectivity index (χ2v) is 14.3. The van der Waals surface area contributed by atoms with Gasteiger partial charge in [-0.05, 0) is 56.0 Å². The second-order valence-electron chi connectivity index (χ2n) is 13.4. The molecule has 0 unspecified atom stereocenters. The lowest BCUT2D eigenvalue weighted by atomic mass is 9.73. The van der Waals surface area contributed by atoms with E-state index < -0.39 is 29.6 Å². The first-order valence-electron chi connectivity index (χ1n) is 16.3. The van der Waals surface area contributed by atoms with Crippen molar-refractivity contribution in [1.29, 1.82) is 0 Å². The summed E-state index contributed by atoms with van der Waals surface area (Å²) < 4.78 is 6.53. The van der Waals surface area contributed by atoms with Gasteiger partial charge in [0.15, 0.2) is 0 Å². The Labute approximate surface area is 270 Å². The predicted molar refractivity (Wildman–Crippen MR) is 172 cm³/mol. The van der Waals surface area contributed by atoms with E-state index in [9.17, 15) is 14.4 Å². The zero-order valence-corrected chi connectivity index (χ0v) is 27.4. The molecule has 1 aliphatic carbocycles. The van der Waals surface area contributed by atoms with Crippen LogP contribution in [0, 0.1) is 23.7 Å². The third-order valence-corrected chi connectivity index (χ3v) is 11.3. The number of piperazine rings is 1. The first-order valence-corrected chi connectivity index (χ1v) is 17.1. The van der Waals surface area contributed by atoms with Crippen LogP contribution in [0.2, 0.25) is 10.0 Å². The van der Waals surface area contributed by atoms with E-state index in [2.05, 4.69) is 41.2 Å². The number of anilines is 1. The molecule has 1 aromatic rings. The van der Waals surface area contributed by atoms with Crippen LogP contribution in [0.25, 0.3) is 0 Å². The van der Waals surface area contributed by atoms with Crippen LogP contribution < -0.4 is 10.6 Å². The van der Waals surface area contributed by atoms with Crippen LogP contribution >= 0.6 is 23.2 Å². The van der Waals surface area contributed by atoms with Crippen molar-refractivity contribution in [2.75, 3.05) is 51.1 Å². The number of carbonyl (C=O) groups is 3. The molecule has 0 aromatic heterocycles. The van der Waals surface area contributed by atoms with E-state index in [1.54, 1.807) is 23.1 Å². The van der Waals surface area contributed by atoms with Crippen molar-refractivity contribution in [2.24, 2.45) is 23.7 Å². The lowest BCUT2D eigenvalue weighted by Crippen LogP contribution is -2.58. The van der Waals surface area contributed by atoms with E-state index in [1.807, 2.05) is 12.2 Å². The number of hydrogen-bond donors (Lipinski definition) is 2. The quantitative estimate of drug-likeness (QED) is 0.394. The smallest absolute Gasteiger partial charge is 0.246 e. The maximum Gasteiger partial charge on any atom is 0.246 e. The average molecular weight is 647 g/mol. The molecule has 9 nitrogen and oxygen atoms in total. The molecule has 1 aromatic carbocycles. The third kappa shape index (κ3) is 5.91. The maximum atomic E-state index is 14.3.